The van der Waals surface area contributed by atoms with E-state index in [2.05, 4.69) is 10.4 Å². The SMILES string of the molecule is O=C(CCc1ccccc1)Nc1cnn(Cc2ccc(Cl)cc2)c1. The van der Waals surface area contributed by atoms with Gasteiger partial charge in [-0.25, -0.2) is 0 Å². The summed E-state index contributed by atoms with van der Waals surface area (Å²) in [4.78, 5) is 12.0. The number of nitrogens with one attached hydrogen (secondary N) is 1. The number of amides is 1. The van der Waals surface area contributed by atoms with Crippen molar-refractivity contribution < 1.29 is 4.79 Å². The molecule has 0 unspecified atom stereocenters. The van der Waals surface area contributed by atoms with Crippen LogP contribution in [0.1, 0.15) is 17.5 Å². The van der Waals surface area contributed by atoms with Crippen LogP contribution in [-0.2, 0) is 17.8 Å². The van der Waals surface area contributed by atoms with Gasteiger partial charge in [-0.15, -0.1) is 0 Å². The van der Waals surface area contributed by atoms with E-state index < -0.39 is 0 Å². The number of halogens is 1. The lowest BCUT2D eigenvalue weighted by Crippen LogP contribution is -2.11. The molecule has 4 nitrogen and oxygen atoms in total. The summed E-state index contributed by atoms with van der Waals surface area (Å²) >= 11 is 5.88. The summed E-state index contributed by atoms with van der Waals surface area (Å²) in [6.07, 6.45) is 4.67. The van der Waals surface area contributed by atoms with Crippen LogP contribution in [0.25, 0.3) is 0 Å². The Hall–Kier alpha value is -2.59. The molecule has 1 amide bonds. The second-order valence-corrected chi connectivity index (χ2v) is 6.02. The fourth-order valence-electron chi connectivity index (χ4n) is 2.42. The first kappa shape index (κ1) is 16.3. The molecule has 0 atom stereocenters. The van der Waals surface area contributed by atoms with E-state index in [1.54, 1.807) is 10.9 Å². The van der Waals surface area contributed by atoms with Crippen LogP contribution >= 0.6 is 11.6 Å². The van der Waals surface area contributed by atoms with Crippen LogP contribution in [0.15, 0.2) is 67.0 Å². The second kappa shape index (κ2) is 7.79. The van der Waals surface area contributed by atoms with Crippen molar-refractivity contribution in [1.82, 2.24) is 9.78 Å². The maximum absolute atomic E-state index is 12.0. The van der Waals surface area contributed by atoms with Crippen LogP contribution in [0.2, 0.25) is 5.02 Å². The zero-order chi connectivity index (χ0) is 16.8. The molecule has 3 aromatic rings. The number of carbonyl (C=O) groups excluding carboxylic acids is 1. The molecule has 1 heterocycles. The van der Waals surface area contributed by atoms with Gasteiger partial charge in [0.25, 0.3) is 0 Å². The molecule has 0 aliphatic heterocycles. The highest BCUT2D eigenvalue weighted by Crippen LogP contribution is 2.12. The normalized spacial score (nSPS) is 10.5. The minimum atomic E-state index is -0.00936. The van der Waals surface area contributed by atoms with Crippen LogP contribution in [-0.4, -0.2) is 15.7 Å². The van der Waals surface area contributed by atoms with Crippen molar-refractivity contribution in [1.29, 1.82) is 0 Å². The monoisotopic (exact) mass is 339 g/mol. The summed E-state index contributed by atoms with van der Waals surface area (Å²) in [5.74, 6) is -0.00936. The minimum absolute atomic E-state index is 0.00936. The van der Waals surface area contributed by atoms with Gasteiger partial charge in [0.1, 0.15) is 0 Å². The average Bonchev–Trinajstić information content (AvgIpc) is 3.03. The predicted molar refractivity (Wildman–Crippen MR) is 96.2 cm³/mol. The largest absolute Gasteiger partial charge is 0.323 e. The summed E-state index contributed by atoms with van der Waals surface area (Å²) in [6, 6.07) is 17.6. The third-order valence-electron chi connectivity index (χ3n) is 3.66. The van der Waals surface area contributed by atoms with E-state index in [4.69, 9.17) is 11.6 Å². The molecular weight excluding hydrogens is 322 g/mol. The molecule has 0 saturated heterocycles. The highest BCUT2D eigenvalue weighted by atomic mass is 35.5. The lowest BCUT2D eigenvalue weighted by atomic mass is 10.1. The number of aryl methyl sites for hydroxylation is 1. The van der Waals surface area contributed by atoms with Gasteiger partial charge in [0.05, 0.1) is 18.4 Å². The van der Waals surface area contributed by atoms with Crippen molar-refractivity contribution in [2.24, 2.45) is 0 Å². The van der Waals surface area contributed by atoms with Gasteiger partial charge in [-0.3, -0.25) is 9.48 Å². The third-order valence-corrected chi connectivity index (χ3v) is 3.91. The Morgan fingerprint density at radius 3 is 2.54 bits per heavy atom. The van der Waals surface area contributed by atoms with Gasteiger partial charge in [0, 0.05) is 17.6 Å². The number of carbonyl (C=O) groups is 1. The highest BCUT2D eigenvalue weighted by Gasteiger charge is 2.05. The van der Waals surface area contributed by atoms with Crippen LogP contribution < -0.4 is 5.32 Å². The molecule has 0 fully saturated rings. The maximum atomic E-state index is 12.0. The van der Waals surface area contributed by atoms with Crippen molar-refractivity contribution in [2.75, 3.05) is 5.32 Å². The number of aromatic nitrogens is 2. The lowest BCUT2D eigenvalue weighted by molar-refractivity contribution is -0.116. The zero-order valence-electron chi connectivity index (χ0n) is 13.2. The number of hydrogen-bond donors (Lipinski definition) is 1. The molecule has 1 aromatic heterocycles. The van der Waals surface area contributed by atoms with Gasteiger partial charge in [0.2, 0.25) is 5.91 Å². The number of benzene rings is 2. The second-order valence-electron chi connectivity index (χ2n) is 5.59. The maximum Gasteiger partial charge on any atom is 0.224 e. The molecule has 24 heavy (non-hydrogen) atoms. The summed E-state index contributed by atoms with van der Waals surface area (Å²) in [7, 11) is 0. The molecular formula is C19H18ClN3O. The van der Waals surface area contributed by atoms with Crippen LogP contribution in [0, 0.1) is 0 Å². The van der Waals surface area contributed by atoms with Gasteiger partial charge >= 0.3 is 0 Å². The van der Waals surface area contributed by atoms with Gasteiger partial charge < -0.3 is 5.32 Å². The van der Waals surface area contributed by atoms with E-state index in [9.17, 15) is 4.79 Å². The highest BCUT2D eigenvalue weighted by molar-refractivity contribution is 6.30. The first-order valence-electron chi connectivity index (χ1n) is 7.80. The molecule has 0 aliphatic carbocycles. The molecule has 5 heteroatoms. The molecule has 0 spiro atoms. The third kappa shape index (κ3) is 4.70. The summed E-state index contributed by atoms with van der Waals surface area (Å²) < 4.78 is 1.79. The van der Waals surface area contributed by atoms with Gasteiger partial charge in [-0.2, -0.15) is 5.10 Å². The molecule has 1 N–H and O–H groups in total. The molecule has 3 rings (SSSR count). The standard InChI is InChI=1S/C19H18ClN3O/c20-17-9-6-16(7-10-17)13-23-14-18(12-21-23)22-19(24)11-8-15-4-2-1-3-5-15/h1-7,9-10,12,14H,8,11,13H2,(H,22,24). The molecule has 122 valence electrons. The van der Waals surface area contributed by atoms with E-state index >= 15 is 0 Å². The van der Waals surface area contributed by atoms with Gasteiger partial charge in [-0.05, 0) is 29.7 Å². The molecule has 0 saturated carbocycles. The van der Waals surface area contributed by atoms with Crippen molar-refractivity contribution in [3.05, 3.63) is 83.1 Å². The number of anilines is 1. The Labute approximate surface area is 146 Å². The minimum Gasteiger partial charge on any atom is -0.323 e. The van der Waals surface area contributed by atoms with Gasteiger partial charge in [-0.1, -0.05) is 54.1 Å². The number of nitrogens with zero attached hydrogens (tertiary/aromatic N) is 2. The smallest absolute Gasteiger partial charge is 0.224 e. The number of hydrogen-bond acceptors (Lipinski definition) is 2. The fourth-order valence-corrected chi connectivity index (χ4v) is 2.54. The topological polar surface area (TPSA) is 46.9 Å². The summed E-state index contributed by atoms with van der Waals surface area (Å²) in [6.45, 7) is 0.636. The Kier molecular flexibility index (Phi) is 5.29. The van der Waals surface area contributed by atoms with E-state index in [1.165, 1.54) is 0 Å². The van der Waals surface area contributed by atoms with Crippen LogP contribution in [0.4, 0.5) is 5.69 Å². The molecule has 2 aromatic carbocycles. The predicted octanol–water partition coefficient (Wildman–Crippen LogP) is 4.16. The van der Waals surface area contributed by atoms with E-state index in [0.29, 0.717) is 23.7 Å². The van der Waals surface area contributed by atoms with E-state index in [-0.39, 0.29) is 5.91 Å². The quantitative estimate of drug-likeness (QED) is 0.733. The molecule has 0 aliphatic rings. The molecule has 0 bridgehead atoms. The first-order valence-corrected chi connectivity index (χ1v) is 8.17. The van der Waals surface area contributed by atoms with E-state index in [1.807, 2.05) is 60.8 Å². The Morgan fingerprint density at radius 1 is 1.04 bits per heavy atom. The number of rotatable bonds is 6. The first-order chi connectivity index (χ1) is 11.7. The van der Waals surface area contributed by atoms with Crippen LogP contribution in [0.3, 0.4) is 0 Å². The zero-order valence-corrected chi connectivity index (χ0v) is 13.9. The van der Waals surface area contributed by atoms with Gasteiger partial charge in [0.15, 0.2) is 0 Å². The van der Waals surface area contributed by atoms with E-state index in [0.717, 1.165) is 17.5 Å². The Morgan fingerprint density at radius 2 is 1.79 bits per heavy atom. The van der Waals surface area contributed by atoms with Crippen molar-refractivity contribution in [3.8, 4) is 0 Å². The molecule has 0 radical (unpaired) electrons. The lowest BCUT2D eigenvalue weighted by Gasteiger charge is -2.03. The summed E-state index contributed by atoms with van der Waals surface area (Å²) in [5.41, 5.74) is 2.97. The fraction of sp³-hybridized carbons (Fsp3) is 0.158. The van der Waals surface area contributed by atoms with Crippen molar-refractivity contribution in [3.63, 3.8) is 0 Å². The van der Waals surface area contributed by atoms with Crippen LogP contribution in [0.5, 0.6) is 0 Å². The van der Waals surface area contributed by atoms with Crippen molar-refractivity contribution in [2.45, 2.75) is 19.4 Å². The summed E-state index contributed by atoms with van der Waals surface area (Å²) in [5, 5.41) is 7.87. The Balaban J connectivity index is 1.51. The Bertz CT molecular complexity index is 797. The average molecular weight is 340 g/mol. The van der Waals surface area contributed by atoms with Crippen molar-refractivity contribution >= 4 is 23.2 Å².